The lowest BCUT2D eigenvalue weighted by Crippen LogP contribution is -2.38. The van der Waals surface area contributed by atoms with Gasteiger partial charge in [-0.2, -0.15) is 0 Å². The lowest BCUT2D eigenvalue weighted by Gasteiger charge is -2.14. The summed E-state index contributed by atoms with van der Waals surface area (Å²) in [6.07, 6.45) is 1.27. The highest BCUT2D eigenvalue weighted by Gasteiger charge is 2.23. The molecule has 0 aliphatic carbocycles. The van der Waals surface area contributed by atoms with Crippen LogP contribution in [-0.2, 0) is 14.1 Å². The predicted molar refractivity (Wildman–Crippen MR) is 85.6 cm³/mol. The van der Waals surface area contributed by atoms with Crippen molar-refractivity contribution in [3.05, 3.63) is 62.6 Å². The van der Waals surface area contributed by atoms with Crippen LogP contribution in [0.3, 0.4) is 0 Å². The fraction of sp³-hybridized carbons (Fsp3) is 0.250. The molecule has 0 spiro atoms. The maximum absolute atomic E-state index is 13.4. The van der Waals surface area contributed by atoms with Gasteiger partial charge < -0.3 is 4.57 Å². The van der Waals surface area contributed by atoms with Gasteiger partial charge in [-0.25, -0.2) is 18.6 Å². The van der Waals surface area contributed by atoms with E-state index in [1.54, 1.807) is 0 Å². The fourth-order valence-electron chi connectivity index (χ4n) is 2.67. The summed E-state index contributed by atoms with van der Waals surface area (Å²) >= 11 is 0. The number of hydrogen-bond acceptors (Lipinski definition) is 4. The summed E-state index contributed by atoms with van der Waals surface area (Å²) in [4.78, 5) is 41.0. The SMILES string of the molecule is C[C@H](C(=O)c1ccc(F)c(F)c1)n1cnc2c1c(=O)n(C)c(=O)n2C. The average Bonchev–Trinajstić information content (AvgIpc) is 3.04. The predicted octanol–water partition coefficient (Wildman–Crippen LogP) is 1.16. The van der Waals surface area contributed by atoms with Gasteiger partial charge in [-0.15, -0.1) is 0 Å². The Kier molecular flexibility index (Phi) is 3.86. The number of Topliss-reactive ketones (excluding diaryl/α,β-unsaturated/α-hetero) is 1. The molecule has 0 radical (unpaired) electrons. The van der Waals surface area contributed by atoms with E-state index in [2.05, 4.69) is 4.98 Å². The molecule has 3 rings (SSSR count). The van der Waals surface area contributed by atoms with Gasteiger partial charge in [-0.1, -0.05) is 0 Å². The zero-order chi connectivity index (χ0) is 18.5. The van der Waals surface area contributed by atoms with Crippen LogP contribution in [0.5, 0.6) is 0 Å². The van der Waals surface area contributed by atoms with E-state index in [4.69, 9.17) is 0 Å². The molecule has 9 heteroatoms. The van der Waals surface area contributed by atoms with Crippen molar-refractivity contribution in [2.45, 2.75) is 13.0 Å². The Morgan fingerprint density at radius 3 is 2.44 bits per heavy atom. The molecule has 3 aromatic rings. The molecule has 0 aliphatic heterocycles. The van der Waals surface area contributed by atoms with Gasteiger partial charge in [0.15, 0.2) is 28.6 Å². The second-order valence-corrected chi connectivity index (χ2v) is 5.70. The van der Waals surface area contributed by atoms with Crippen molar-refractivity contribution in [1.82, 2.24) is 18.7 Å². The number of imidazole rings is 1. The van der Waals surface area contributed by atoms with Gasteiger partial charge >= 0.3 is 5.69 Å². The van der Waals surface area contributed by atoms with E-state index in [9.17, 15) is 23.2 Å². The molecule has 0 saturated carbocycles. The highest BCUT2D eigenvalue weighted by molar-refractivity contribution is 5.99. The first-order chi connectivity index (χ1) is 11.7. The fourth-order valence-corrected chi connectivity index (χ4v) is 2.67. The van der Waals surface area contributed by atoms with Gasteiger partial charge in [0, 0.05) is 19.7 Å². The van der Waals surface area contributed by atoms with E-state index >= 15 is 0 Å². The Labute approximate surface area is 139 Å². The van der Waals surface area contributed by atoms with Crippen molar-refractivity contribution in [2.75, 3.05) is 0 Å². The highest BCUT2D eigenvalue weighted by Crippen LogP contribution is 2.19. The number of aryl methyl sites for hydroxylation is 1. The molecule has 0 unspecified atom stereocenters. The number of aromatic nitrogens is 4. The minimum atomic E-state index is -1.13. The molecule has 0 aliphatic rings. The van der Waals surface area contributed by atoms with E-state index < -0.39 is 34.7 Å². The molecule has 0 fully saturated rings. The molecule has 0 bridgehead atoms. The van der Waals surface area contributed by atoms with Crippen LogP contribution in [0, 0.1) is 11.6 Å². The first kappa shape index (κ1) is 16.7. The van der Waals surface area contributed by atoms with Gasteiger partial charge in [-0.3, -0.25) is 18.7 Å². The van der Waals surface area contributed by atoms with E-state index in [-0.39, 0.29) is 16.7 Å². The first-order valence-corrected chi connectivity index (χ1v) is 7.36. The Morgan fingerprint density at radius 2 is 1.80 bits per heavy atom. The summed E-state index contributed by atoms with van der Waals surface area (Å²) in [6, 6.07) is 1.94. The average molecular weight is 348 g/mol. The van der Waals surface area contributed by atoms with E-state index in [1.165, 1.54) is 42.5 Å². The molecule has 25 heavy (non-hydrogen) atoms. The van der Waals surface area contributed by atoms with Gasteiger partial charge in [0.2, 0.25) is 0 Å². The maximum Gasteiger partial charge on any atom is 0.332 e. The Hall–Kier alpha value is -3.10. The van der Waals surface area contributed by atoms with Gasteiger partial charge in [0.25, 0.3) is 5.56 Å². The van der Waals surface area contributed by atoms with Crippen molar-refractivity contribution in [3.8, 4) is 0 Å². The van der Waals surface area contributed by atoms with E-state index in [0.717, 1.165) is 16.7 Å². The molecule has 130 valence electrons. The van der Waals surface area contributed by atoms with Crippen LogP contribution in [0.15, 0.2) is 34.1 Å². The van der Waals surface area contributed by atoms with Crippen LogP contribution < -0.4 is 11.2 Å². The summed E-state index contributed by atoms with van der Waals surface area (Å²) in [5.41, 5.74) is -0.955. The Bertz CT molecular complexity index is 1130. The molecular weight excluding hydrogens is 334 g/mol. The summed E-state index contributed by atoms with van der Waals surface area (Å²) < 4.78 is 29.9. The lowest BCUT2D eigenvalue weighted by molar-refractivity contribution is 0.0936. The molecule has 7 nitrogen and oxygen atoms in total. The summed E-state index contributed by atoms with van der Waals surface area (Å²) in [5, 5.41) is 0. The number of rotatable bonds is 3. The molecule has 1 atom stereocenters. The molecule has 1 aromatic carbocycles. The van der Waals surface area contributed by atoms with Crippen LogP contribution in [0.2, 0.25) is 0 Å². The molecule has 2 heterocycles. The first-order valence-electron chi connectivity index (χ1n) is 7.36. The number of carbonyl (C=O) groups excluding carboxylic acids is 1. The maximum atomic E-state index is 13.4. The molecule has 0 N–H and O–H groups in total. The minimum Gasteiger partial charge on any atom is -0.314 e. The van der Waals surface area contributed by atoms with Crippen LogP contribution in [0.25, 0.3) is 11.2 Å². The Morgan fingerprint density at radius 1 is 1.12 bits per heavy atom. The third-order valence-corrected chi connectivity index (χ3v) is 4.17. The monoisotopic (exact) mass is 348 g/mol. The zero-order valence-corrected chi connectivity index (χ0v) is 13.7. The number of carbonyl (C=O) groups is 1. The number of benzene rings is 1. The quantitative estimate of drug-likeness (QED) is 0.666. The van der Waals surface area contributed by atoms with Crippen molar-refractivity contribution < 1.29 is 13.6 Å². The standard InChI is InChI=1S/C16H14F2N4O3/c1-8(13(23)9-4-5-10(17)11(18)6-9)22-7-19-14-12(22)15(24)21(3)16(25)20(14)2/h4-8H,1-3H3/t8-/m1/s1. The van der Waals surface area contributed by atoms with Crippen molar-refractivity contribution in [1.29, 1.82) is 0 Å². The summed E-state index contributed by atoms with van der Waals surface area (Å²) in [6.45, 7) is 1.51. The van der Waals surface area contributed by atoms with Crippen molar-refractivity contribution in [2.24, 2.45) is 14.1 Å². The van der Waals surface area contributed by atoms with Crippen LogP contribution in [0.4, 0.5) is 8.78 Å². The van der Waals surface area contributed by atoms with Crippen LogP contribution in [-0.4, -0.2) is 24.5 Å². The summed E-state index contributed by atoms with van der Waals surface area (Å²) in [5.74, 6) is -2.71. The van der Waals surface area contributed by atoms with Gasteiger partial charge in [-0.05, 0) is 25.1 Å². The normalized spacial score (nSPS) is 12.5. The zero-order valence-electron chi connectivity index (χ0n) is 13.7. The third kappa shape index (κ3) is 2.48. The van der Waals surface area contributed by atoms with Gasteiger partial charge in [0.05, 0.1) is 12.4 Å². The number of hydrogen-bond donors (Lipinski definition) is 0. The largest absolute Gasteiger partial charge is 0.332 e. The molecular formula is C16H14F2N4O3. The smallest absolute Gasteiger partial charge is 0.314 e. The Balaban J connectivity index is 2.16. The van der Waals surface area contributed by atoms with E-state index in [0.29, 0.717) is 0 Å². The molecule has 0 amide bonds. The molecule has 0 saturated heterocycles. The van der Waals surface area contributed by atoms with E-state index in [1.807, 2.05) is 0 Å². The number of halogens is 2. The second kappa shape index (κ2) is 5.76. The lowest BCUT2D eigenvalue weighted by atomic mass is 10.0. The van der Waals surface area contributed by atoms with Crippen LogP contribution in [0.1, 0.15) is 23.3 Å². The second-order valence-electron chi connectivity index (χ2n) is 5.70. The van der Waals surface area contributed by atoms with Crippen LogP contribution >= 0.6 is 0 Å². The third-order valence-electron chi connectivity index (χ3n) is 4.17. The minimum absolute atomic E-state index is 0.0325. The number of ketones is 1. The van der Waals surface area contributed by atoms with Crippen molar-refractivity contribution >= 4 is 16.9 Å². The summed E-state index contributed by atoms with van der Waals surface area (Å²) in [7, 11) is 2.78. The number of fused-ring (bicyclic) bond motifs is 1. The number of nitrogens with zero attached hydrogens (tertiary/aromatic N) is 4. The van der Waals surface area contributed by atoms with Gasteiger partial charge in [0.1, 0.15) is 0 Å². The molecule has 2 aromatic heterocycles. The van der Waals surface area contributed by atoms with Crippen molar-refractivity contribution in [3.63, 3.8) is 0 Å². The topological polar surface area (TPSA) is 78.9 Å². The highest BCUT2D eigenvalue weighted by atomic mass is 19.2.